The summed E-state index contributed by atoms with van der Waals surface area (Å²) in [6, 6.07) is 11.6. The highest BCUT2D eigenvalue weighted by molar-refractivity contribution is 5.92. The summed E-state index contributed by atoms with van der Waals surface area (Å²) in [4.78, 5) is 20.7. The van der Waals surface area contributed by atoms with E-state index in [4.69, 9.17) is 4.74 Å². The molecule has 23 heavy (non-hydrogen) atoms. The van der Waals surface area contributed by atoms with E-state index in [1.54, 1.807) is 13.2 Å². The Balaban J connectivity index is 1.96. The standard InChI is InChI=1S/C17H22N4O2/c1-13-11-15(16(22)18-9-6-10-23-2)21-17(20-13)19-12-14-7-4-3-5-8-14/h3-5,7-8,11H,6,9-10,12H2,1-2H3,(H,18,22)(H,19,20,21). The van der Waals surface area contributed by atoms with Gasteiger partial charge < -0.3 is 15.4 Å². The number of nitrogens with one attached hydrogen (secondary N) is 2. The van der Waals surface area contributed by atoms with Crippen LogP contribution < -0.4 is 10.6 Å². The highest BCUT2D eigenvalue weighted by Crippen LogP contribution is 2.07. The van der Waals surface area contributed by atoms with Gasteiger partial charge in [-0.15, -0.1) is 0 Å². The van der Waals surface area contributed by atoms with Crippen molar-refractivity contribution in [1.82, 2.24) is 15.3 Å². The topological polar surface area (TPSA) is 76.1 Å². The van der Waals surface area contributed by atoms with Crippen LogP contribution in [0.4, 0.5) is 5.95 Å². The molecule has 2 N–H and O–H groups in total. The molecular formula is C17H22N4O2. The first-order valence-corrected chi connectivity index (χ1v) is 7.59. The second kappa shape index (κ2) is 8.85. The van der Waals surface area contributed by atoms with Gasteiger partial charge in [0.25, 0.3) is 5.91 Å². The van der Waals surface area contributed by atoms with Gasteiger partial charge in [0.15, 0.2) is 0 Å². The molecule has 1 heterocycles. The third-order valence-electron chi connectivity index (χ3n) is 3.19. The van der Waals surface area contributed by atoms with E-state index in [2.05, 4.69) is 20.6 Å². The predicted octanol–water partition coefficient (Wildman–Crippen LogP) is 2.16. The van der Waals surface area contributed by atoms with Crippen molar-refractivity contribution in [2.75, 3.05) is 25.6 Å². The highest BCUT2D eigenvalue weighted by Gasteiger charge is 2.10. The van der Waals surface area contributed by atoms with E-state index >= 15 is 0 Å². The van der Waals surface area contributed by atoms with Crippen molar-refractivity contribution in [2.24, 2.45) is 0 Å². The molecule has 0 atom stereocenters. The number of methoxy groups -OCH3 is 1. The average Bonchev–Trinajstić information content (AvgIpc) is 2.57. The molecule has 0 aliphatic rings. The van der Waals surface area contributed by atoms with Crippen LogP contribution in [0.25, 0.3) is 0 Å². The molecule has 0 unspecified atom stereocenters. The maximum absolute atomic E-state index is 12.1. The van der Waals surface area contributed by atoms with Crippen LogP contribution in [0.5, 0.6) is 0 Å². The number of aryl methyl sites for hydroxylation is 1. The molecule has 0 bridgehead atoms. The Bertz CT molecular complexity index is 632. The number of hydrogen-bond donors (Lipinski definition) is 2. The fraction of sp³-hybridized carbons (Fsp3) is 0.353. The predicted molar refractivity (Wildman–Crippen MR) is 89.4 cm³/mol. The molecule has 2 aromatic rings. The number of hydrogen-bond acceptors (Lipinski definition) is 5. The third-order valence-corrected chi connectivity index (χ3v) is 3.19. The number of ether oxygens (including phenoxy) is 1. The lowest BCUT2D eigenvalue weighted by atomic mass is 10.2. The van der Waals surface area contributed by atoms with Gasteiger partial charge in [0.1, 0.15) is 5.69 Å². The van der Waals surface area contributed by atoms with Crippen LogP contribution in [0.15, 0.2) is 36.4 Å². The number of benzene rings is 1. The van der Waals surface area contributed by atoms with Gasteiger partial charge in [-0.05, 0) is 25.0 Å². The summed E-state index contributed by atoms with van der Waals surface area (Å²) in [6.07, 6.45) is 0.769. The van der Waals surface area contributed by atoms with Gasteiger partial charge in [0.05, 0.1) is 0 Å². The van der Waals surface area contributed by atoms with E-state index in [9.17, 15) is 4.79 Å². The Labute approximate surface area is 136 Å². The molecule has 0 saturated carbocycles. The molecule has 1 aromatic carbocycles. The van der Waals surface area contributed by atoms with E-state index in [0.717, 1.165) is 17.7 Å². The van der Waals surface area contributed by atoms with Crippen molar-refractivity contribution in [2.45, 2.75) is 19.9 Å². The van der Waals surface area contributed by atoms with Crippen molar-refractivity contribution in [3.63, 3.8) is 0 Å². The van der Waals surface area contributed by atoms with Crippen molar-refractivity contribution in [1.29, 1.82) is 0 Å². The second-order valence-corrected chi connectivity index (χ2v) is 5.16. The van der Waals surface area contributed by atoms with Crippen molar-refractivity contribution < 1.29 is 9.53 Å². The molecule has 0 spiro atoms. The summed E-state index contributed by atoms with van der Waals surface area (Å²) in [5.74, 6) is 0.255. The molecule has 122 valence electrons. The summed E-state index contributed by atoms with van der Waals surface area (Å²) in [7, 11) is 1.64. The van der Waals surface area contributed by atoms with E-state index in [1.807, 2.05) is 37.3 Å². The average molecular weight is 314 g/mol. The second-order valence-electron chi connectivity index (χ2n) is 5.16. The first-order chi connectivity index (χ1) is 11.2. The summed E-state index contributed by atoms with van der Waals surface area (Å²) in [5.41, 5.74) is 2.24. The van der Waals surface area contributed by atoms with Crippen molar-refractivity contribution in [3.05, 3.63) is 53.3 Å². The van der Waals surface area contributed by atoms with E-state index in [1.165, 1.54) is 0 Å². The summed E-state index contributed by atoms with van der Waals surface area (Å²) in [6.45, 7) is 3.63. The number of amides is 1. The number of carbonyl (C=O) groups excluding carboxylic acids is 1. The van der Waals surface area contributed by atoms with Crippen molar-refractivity contribution in [3.8, 4) is 0 Å². The van der Waals surface area contributed by atoms with Crippen LogP contribution in [0.1, 0.15) is 28.2 Å². The molecule has 2 rings (SSSR count). The zero-order chi connectivity index (χ0) is 16.5. The van der Waals surface area contributed by atoms with Gasteiger partial charge in [-0.2, -0.15) is 0 Å². The van der Waals surface area contributed by atoms with Crippen LogP contribution >= 0.6 is 0 Å². The normalized spacial score (nSPS) is 10.3. The SMILES string of the molecule is COCCCNC(=O)c1cc(C)nc(NCc2ccccc2)n1. The lowest BCUT2D eigenvalue weighted by Gasteiger charge is -2.09. The maximum Gasteiger partial charge on any atom is 0.270 e. The molecule has 0 aliphatic carbocycles. The summed E-state index contributed by atoms with van der Waals surface area (Å²) in [5, 5.41) is 5.98. The van der Waals surface area contributed by atoms with Gasteiger partial charge in [-0.3, -0.25) is 4.79 Å². The zero-order valence-electron chi connectivity index (χ0n) is 13.5. The van der Waals surface area contributed by atoms with E-state index in [-0.39, 0.29) is 5.91 Å². The molecule has 6 heteroatoms. The monoisotopic (exact) mass is 314 g/mol. The van der Waals surface area contributed by atoms with Crippen molar-refractivity contribution >= 4 is 11.9 Å². The van der Waals surface area contributed by atoms with Crippen LogP contribution in [0.2, 0.25) is 0 Å². The molecule has 0 saturated heterocycles. The smallest absolute Gasteiger partial charge is 0.270 e. The van der Waals surface area contributed by atoms with Crippen LogP contribution in [0.3, 0.4) is 0 Å². The minimum absolute atomic E-state index is 0.200. The molecule has 6 nitrogen and oxygen atoms in total. The number of nitrogens with zero attached hydrogens (tertiary/aromatic N) is 2. The number of aromatic nitrogens is 2. The molecule has 0 aliphatic heterocycles. The molecular weight excluding hydrogens is 292 g/mol. The quantitative estimate of drug-likeness (QED) is 0.730. The highest BCUT2D eigenvalue weighted by atomic mass is 16.5. The van der Waals surface area contributed by atoms with Gasteiger partial charge >= 0.3 is 0 Å². The molecule has 1 amide bonds. The number of anilines is 1. The van der Waals surface area contributed by atoms with Gasteiger partial charge in [0.2, 0.25) is 5.95 Å². The fourth-order valence-corrected chi connectivity index (χ4v) is 2.05. The Morgan fingerprint density at radius 3 is 2.74 bits per heavy atom. The van der Waals surface area contributed by atoms with E-state index in [0.29, 0.717) is 31.3 Å². The lowest BCUT2D eigenvalue weighted by molar-refractivity contribution is 0.0943. The van der Waals surface area contributed by atoms with Gasteiger partial charge in [-0.25, -0.2) is 9.97 Å². The van der Waals surface area contributed by atoms with E-state index < -0.39 is 0 Å². The number of carbonyl (C=O) groups is 1. The Kier molecular flexibility index (Phi) is 6.50. The first-order valence-electron chi connectivity index (χ1n) is 7.59. The first kappa shape index (κ1) is 16.9. The number of rotatable bonds is 8. The Morgan fingerprint density at radius 2 is 2.00 bits per heavy atom. The summed E-state index contributed by atoms with van der Waals surface area (Å²) < 4.78 is 4.95. The van der Waals surface area contributed by atoms with Crippen LogP contribution in [-0.4, -0.2) is 36.1 Å². The van der Waals surface area contributed by atoms with Gasteiger partial charge in [0, 0.05) is 32.5 Å². The lowest BCUT2D eigenvalue weighted by Crippen LogP contribution is -2.26. The van der Waals surface area contributed by atoms with Gasteiger partial charge in [-0.1, -0.05) is 30.3 Å². The summed E-state index contributed by atoms with van der Waals surface area (Å²) >= 11 is 0. The van der Waals surface area contributed by atoms with Crippen LogP contribution in [-0.2, 0) is 11.3 Å². The molecule has 0 radical (unpaired) electrons. The third kappa shape index (κ3) is 5.67. The maximum atomic E-state index is 12.1. The molecule has 1 aromatic heterocycles. The zero-order valence-corrected chi connectivity index (χ0v) is 13.5. The Hall–Kier alpha value is -2.47. The molecule has 0 fully saturated rings. The van der Waals surface area contributed by atoms with Crippen LogP contribution in [0, 0.1) is 6.92 Å². The minimum Gasteiger partial charge on any atom is -0.385 e. The minimum atomic E-state index is -0.200. The largest absolute Gasteiger partial charge is 0.385 e. The fourth-order valence-electron chi connectivity index (χ4n) is 2.05. The Morgan fingerprint density at radius 1 is 1.22 bits per heavy atom.